The standard InChI is InChI=1S/C17H24F3N3O4S/c1-3-13(2)21-16(24)12-22-8-10-23(11-9-22)28(25,26)15-6-4-14(5-7-15)27-17(18,19)20/h4-7,13H,3,8-12H2,1-2H3,(H,21,24). The predicted molar refractivity (Wildman–Crippen MR) is 96.2 cm³/mol. The fraction of sp³-hybridized carbons (Fsp3) is 0.588. The number of piperazine rings is 1. The van der Waals surface area contributed by atoms with Crippen molar-refractivity contribution in [3.05, 3.63) is 24.3 Å². The number of nitrogens with one attached hydrogen (secondary N) is 1. The summed E-state index contributed by atoms with van der Waals surface area (Å²) in [5.74, 6) is -0.588. The molecule has 0 aromatic heterocycles. The summed E-state index contributed by atoms with van der Waals surface area (Å²) in [6, 6.07) is 4.19. The lowest BCUT2D eigenvalue weighted by Gasteiger charge is -2.33. The van der Waals surface area contributed by atoms with Crippen molar-refractivity contribution < 1.29 is 31.1 Å². The molecule has 0 radical (unpaired) electrons. The molecule has 1 aliphatic rings. The van der Waals surface area contributed by atoms with Gasteiger partial charge in [0.15, 0.2) is 0 Å². The number of amides is 1. The molecule has 28 heavy (non-hydrogen) atoms. The maximum absolute atomic E-state index is 12.7. The molecule has 1 unspecified atom stereocenters. The molecule has 1 aromatic rings. The van der Waals surface area contributed by atoms with Crippen LogP contribution in [0.15, 0.2) is 29.2 Å². The van der Waals surface area contributed by atoms with Crippen LogP contribution in [0.1, 0.15) is 20.3 Å². The van der Waals surface area contributed by atoms with Crippen molar-refractivity contribution in [2.45, 2.75) is 37.6 Å². The third kappa shape index (κ3) is 6.35. The van der Waals surface area contributed by atoms with E-state index >= 15 is 0 Å². The topological polar surface area (TPSA) is 79.0 Å². The van der Waals surface area contributed by atoms with E-state index in [4.69, 9.17) is 0 Å². The molecule has 11 heteroatoms. The number of halogens is 3. The van der Waals surface area contributed by atoms with E-state index < -0.39 is 22.1 Å². The van der Waals surface area contributed by atoms with E-state index in [1.807, 2.05) is 18.7 Å². The molecule has 2 rings (SSSR count). The average Bonchev–Trinajstić information content (AvgIpc) is 2.61. The Labute approximate surface area is 162 Å². The molecule has 1 N–H and O–H groups in total. The molecular formula is C17H24F3N3O4S. The third-order valence-electron chi connectivity index (χ3n) is 4.41. The van der Waals surface area contributed by atoms with Crippen LogP contribution in [0.3, 0.4) is 0 Å². The normalized spacial score (nSPS) is 17.9. The van der Waals surface area contributed by atoms with Gasteiger partial charge in [0.2, 0.25) is 15.9 Å². The number of sulfonamides is 1. The lowest BCUT2D eigenvalue weighted by atomic mass is 10.2. The molecule has 1 amide bonds. The zero-order valence-corrected chi connectivity index (χ0v) is 16.5. The van der Waals surface area contributed by atoms with Gasteiger partial charge >= 0.3 is 6.36 Å². The molecule has 1 fully saturated rings. The number of ether oxygens (including phenoxy) is 1. The van der Waals surface area contributed by atoms with Gasteiger partial charge in [-0.1, -0.05) is 6.92 Å². The van der Waals surface area contributed by atoms with E-state index in [0.29, 0.717) is 13.1 Å². The van der Waals surface area contributed by atoms with Crippen molar-refractivity contribution in [2.24, 2.45) is 0 Å². The van der Waals surface area contributed by atoms with E-state index in [9.17, 15) is 26.4 Å². The van der Waals surface area contributed by atoms with Crippen LogP contribution in [0.25, 0.3) is 0 Å². The molecule has 158 valence electrons. The molecular weight excluding hydrogens is 399 g/mol. The van der Waals surface area contributed by atoms with Crippen molar-refractivity contribution in [3.8, 4) is 5.75 Å². The first kappa shape index (κ1) is 22.4. The van der Waals surface area contributed by atoms with Gasteiger partial charge in [-0.05, 0) is 37.6 Å². The second-order valence-corrected chi connectivity index (χ2v) is 8.51. The van der Waals surface area contributed by atoms with E-state index in [1.54, 1.807) is 0 Å². The molecule has 0 aliphatic carbocycles. The number of carbonyl (C=O) groups excluding carboxylic acids is 1. The summed E-state index contributed by atoms with van der Waals surface area (Å²) >= 11 is 0. The summed E-state index contributed by atoms with van der Waals surface area (Å²) in [7, 11) is -3.83. The molecule has 0 bridgehead atoms. The smallest absolute Gasteiger partial charge is 0.406 e. The minimum atomic E-state index is -4.84. The molecule has 1 saturated heterocycles. The summed E-state index contributed by atoms with van der Waals surface area (Å²) in [5.41, 5.74) is 0. The quantitative estimate of drug-likeness (QED) is 0.724. The third-order valence-corrected chi connectivity index (χ3v) is 6.33. The zero-order chi connectivity index (χ0) is 20.9. The average molecular weight is 423 g/mol. The number of carbonyl (C=O) groups is 1. The van der Waals surface area contributed by atoms with E-state index in [1.165, 1.54) is 4.31 Å². The lowest BCUT2D eigenvalue weighted by Crippen LogP contribution is -2.51. The summed E-state index contributed by atoms with van der Waals surface area (Å²) < 4.78 is 66.9. The Balaban J connectivity index is 1.93. The SMILES string of the molecule is CCC(C)NC(=O)CN1CCN(S(=O)(=O)c2ccc(OC(F)(F)F)cc2)CC1. The van der Waals surface area contributed by atoms with Gasteiger partial charge in [0.25, 0.3) is 0 Å². The van der Waals surface area contributed by atoms with Gasteiger partial charge in [-0.3, -0.25) is 9.69 Å². The zero-order valence-electron chi connectivity index (χ0n) is 15.7. The second kappa shape index (κ2) is 9.10. The number of alkyl halides is 3. The number of hydrogen-bond acceptors (Lipinski definition) is 5. The maximum Gasteiger partial charge on any atom is 0.573 e. The van der Waals surface area contributed by atoms with Gasteiger partial charge in [0.1, 0.15) is 5.75 Å². The second-order valence-electron chi connectivity index (χ2n) is 6.58. The fourth-order valence-electron chi connectivity index (χ4n) is 2.72. The molecule has 7 nitrogen and oxygen atoms in total. The number of rotatable bonds is 7. The van der Waals surface area contributed by atoms with Gasteiger partial charge in [0, 0.05) is 32.2 Å². The van der Waals surface area contributed by atoms with Gasteiger partial charge in [-0.15, -0.1) is 13.2 Å². The molecule has 1 atom stereocenters. The minimum Gasteiger partial charge on any atom is -0.406 e. The molecule has 0 spiro atoms. The summed E-state index contributed by atoms with van der Waals surface area (Å²) in [6.45, 7) is 5.25. The fourth-order valence-corrected chi connectivity index (χ4v) is 4.14. The Morgan fingerprint density at radius 3 is 2.25 bits per heavy atom. The highest BCUT2D eigenvalue weighted by atomic mass is 32.2. The highest BCUT2D eigenvalue weighted by Crippen LogP contribution is 2.25. The van der Waals surface area contributed by atoms with Crippen LogP contribution in [0, 0.1) is 0 Å². The predicted octanol–water partition coefficient (Wildman–Crippen LogP) is 1.81. The number of nitrogens with zero attached hydrogens (tertiary/aromatic N) is 2. The Morgan fingerprint density at radius 2 is 1.75 bits per heavy atom. The van der Waals surface area contributed by atoms with E-state index in [0.717, 1.165) is 30.7 Å². The molecule has 1 aliphatic heterocycles. The van der Waals surface area contributed by atoms with E-state index in [2.05, 4.69) is 10.1 Å². The van der Waals surface area contributed by atoms with Crippen molar-refractivity contribution in [1.82, 2.24) is 14.5 Å². The van der Waals surface area contributed by atoms with Gasteiger partial charge < -0.3 is 10.1 Å². The summed E-state index contributed by atoms with van der Waals surface area (Å²) in [6.07, 6.45) is -4.01. The monoisotopic (exact) mass is 423 g/mol. The first-order chi connectivity index (χ1) is 13.0. The number of benzene rings is 1. The Morgan fingerprint density at radius 1 is 1.18 bits per heavy atom. The highest BCUT2D eigenvalue weighted by molar-refractivity contribution is 7.89. The Hall–Kier alpha value is -1.85. The van der Waals surface area contributed by atoms with Crippen LogP contribution in [-0.2, 0) is 14.8 Å². The van der Waals surface area contributed by atoms with Crippen molar-refractivity contribution in [3.63, 3.8) is 0 Å². The highest BCUT2D eigenvalue weighted by Gasteiger charge is 2.32. The van der Waals surface area contributed by atoms with Gasteiger partial charge in [-0.2, -0.15) is 4.31 Å². The van der Waals surface area contributed by atoms with Crippen LogP contribution in [0.2, 0.25) is 0 Å². The first-order valence-corrected chi connectivity index (χ1v) is 10.3. The van der Waals surface area contributed by atoms with Crippen molar-refractivity contribution in [2.75, 3.05) is 32.7 Å². The summed E-state index contributed by atoms with van der Waals surface area (Å²) in [5, 5.41) is 2.86. The molecule has 1 heterocycles. The van der Waals surface area contributed by atoms with Gasteiger partial charge in [-0.25, -0.2) is 8.42 Å². The van der Waals surface area contributed by atoms with Crippen LogP contribution >= 0.6 is 0 Å². The number of hydrogen-bond donors (Lipinski definition) is 1. The van der Waals surface area contributed by atoms with Crippen LogP contribution < -0.4 is 10.1 Å². The van der Waals surface area contributed by atoms with Crippen molar-refractivity contribution in [1.29, 1.82) is 0 Å². The minimum absolute atomic E-state index is 0.0819. The largest absolute Gasteiger partial charge is 0.573 e. The lowest BCUT2D eigenvalue weighted by molar-refractivity contribution is -0.274. The summed E-state index contributed by atoms with van der Waals surface area (Å²) in [4.78, 5) is 13.7. The molecule has 0 saturated carbocycles. The first-order valence-electron chi connectivity index (χ1n) is 8.89. The van der Waals surface area contributed by atoms with E-state index in [-0.39, 0.29) is 36.5 Å². The maximum atomic E-state index is 12.7. The van der Waals surface area contributed by atoms with Crippen molar-refractivity contribution >= 4 is 15.9 Å². The molecule has 1 aromatic carbocycles. The van der Waals surface area contributed by atoms with Gasteiger partial charge in [0.05, 0.1) is 11.4 Å². The Kier molecular flexibility index (Phi) is 7.29. The Bertz CT molecular complexity index is 761. The van der Waals surface area contributed by atoms with Crippen LogP contribution in [0.4, 0.5) is 13.2 Å². The van der Waals surface area contributed by atoms with Crippen LogP contribution in [0.5, 0.6) is 5.75 Å². The van der Waals surface area contributed by atoms with Crippen LogP contribution in [-0.4, -0.2) is 68.7 Å².